The van der Waals surface area contributed by atoms with Crippen molar-refractivity contribution in [2.75, 3.05) is 46.4 Å². The number of alkyl halides is 3. The second-order valence-corrected chi connectivity index (χ2v) is 4.97. The Bertz CT molecular complexity index is 216. The van der Waals surface area contributed by atoms with Gasteiger partial charge in [-0.15, -0.1) is 0 Å². The third-order valence-corrected chi connectivity index (χ3v) is 3.18. The number of rotatable bonds is 7. The summed E-state index contributed by atoms with van der Waals surface area (Å²) in [4.78, 5) is 2.32. The first-order chi connectivity index (χ1) is 8.47. The summed E-state index contributed by atoms with van der Waals surface area (Å²) in [5.41, 5.74) is 0. The van der Waals surface area contributed by atoms with Gasteiger partial charge in [-0.1, -0.05) is 0 Å². The molecule has 0 amide bonds. The summed E-state index contributed by atoms with van der Waals surface area (Å²) in [5.74, 6) is 0.706. The molecule has 1 saturated heterocycles. The van der Waals surface area contributed by atoms with E-state index in [9.17, 15) is 13.2 Å². The number of nitrogens with zero attached hydrogens (tertiary/aromatic N) is 1. The minimum atomic E-state index is -4.21. The fourth-order valence-corrected chi connectivity index (χ4v) is 2.06. The SMILES string of the molecule is CN1CCC(CNCCCOCC(F)(F)F)CC1. The van der Waals surface area contributed by atoms with Crippen molar-refractivity contribution in [3.8, 4) is 0 Å². The second kappa shape index (κ2) is 7.96. The zero-order valence-electron chi connectivity index (χ0n) is 10.9. The predicted molar refractivity (Wildman–Crippen MR) is 64.6 cm³/mol. The minimum Gasteiger partial charge on any atom is -0.372 e. The van der Waals surface area contributed by atoms with Crippen LogP contribution in [0.2, 0.25) is 0 Å². The van der Waals surface area contributed by atoms with Crippen LogP contribution in [0.1, 0.15) is 19.3 Å². The molecule has 1 heterocycles. The summed E-state index contributed by atoms with van der Waals surface area (Å²) < 4.78 is 39.8. The molecule has 1 aliphatic rings. The molecule has 1 N–H and O–H groups in total. The Balaban J connectivity index is 1.87. The van der Waals surface area contributed by atoms with Crippen molar-refractivity contribution in [1.82, 2.24) is 10.2 Å². The van der Waals surface area contributed by atoms with Crippen LogP contribution in [-0.2, 0) is 4.74 Å². The van der Waals surface area contributed by atoms with E-state index >= 15 is 0 Å². The van der Waals surface area contributed by atoms with Crippen molar-refractivity contribution in [2.24, 2.45) is 5.92 Å². The largest absolute Gasteiger partial charge is 0.411 e. The molecule has 0 aliphatic carbocycles. The van der Waals surface area contributed by atoms with Crippen molar-refractivity contribution in [1.29, 1.82) is 0 Å². The Kier molecular flexibility index (Phi) is 6.96. The number of nitrogens with one attached hydrogen (secondary N) is 1. The molecular weight excluding hydrogens is 245 g/mol. The number of hydrogen-bond acceptors (Lipinski definition) is 3. The van der Waals surface area contributed by atoms with E-state index in [-0.39, 0.29) is 6.61 Å². The molecule has 0 saturated carbocycles. The Morgan fingerprint density at radius 2 is 1.94 bits per heavy atom. The fraction of sp³-hybridized carbons (Fsp3) is 1.00. The van der Waals surface area contributed by atoms with E-state index in [2.05, 4.69) is 22.0 Å². The lowest BCUT2D eigenvalue weighted by molar-refractivity contribution is -0.173. The quantitative estimate of drug-likeness (QED) is 0.714. The molecule has 1 rings (SSSR count). The van der Waals surface area contributed by atoms with Crippen molar-refractivity contribution in [3.05, 3.63) is 0 Å². The van der Waals surface area contributed by atoms with E-state index in [0.717, 1.165) is 26.2 Å². The maximum Gasteiger partial charge on any atom is 0.411 e. The van der Waals surface area contributed by atoms with Gasteiger partial charge in [-0.25, -0.2) is 0 Å². The third-order valence-electron chi connectivity index (χ3n) is 3.18. The molecule has 0 radical (unpaired) electrons. The first-order valence-corrected chi connectivity index (χ1v) is 6.51. The molecular formula is C12H23F3N2O. The van der Waals surface area contributed by atoms with Crippen LogP contribution >= 0.6 is 0 Å². The van der Waals surface area contributed by atoms with Crippen LogP contribution < -0.4 is 5.32 Å². The molecule has 0 spiro atoms. The normalized spacial score (nSPS) is 19.3. The maximum absolute atomic E-state index is 11.8. The Morgan fingerprint density at radius 1 is 1.28 bits per heavy atom. The highest BCUT2D eigenvalue weighted by Crippen LogP contribution is 2.15. The van der Waals surface area contributed by atoms with E-state index in [1.54, 1.807) is 0 Å². The number of ether oxygens (including phenoxy) is 1. The van der Waals surface area contributed by atoms with Gasteiger partial charge in [0.2, 0.25) is 0 Å². The van der Waals surface area contributed by atoms with E-state index in [0.29, 0.717) is 12.3 Å². The van der Waals surface area contributed by atoms with Gasteiger partial charge in [-0.2, -0.15) is 13.2 Å². The Labute approximate surface area is 107 Å². The standard InChI is InChI=1S/C12H23F3N2O/c1-17-6-3-11(4-7-17)9-16-5-2-8-18-10-12(13,14)15/h11,16H,2-10H2,1H3. The third kappa shape index (κ3) is 7.89. The minimum absolute atomic E-state index is 0.167. The van der Waals surface area contributed by atoms with Gasteiger partial charge >= 0.3 is 6.18 Å². The highest BCUT2D eigenvalue weighted by atomic mass is 19.4. The molecule has 1 aliphatic heterocycles. The first-order valence-electron chi connectivity index (χ1n) is 6.51. The van der Waals surface area contributed by atoms with Crippen molar-refractivity contribution >= 4 is 0 Å². The average molecular weight is 268 g/mol. The van der Waals surface area contributed by atoms with Crippen LogP contribution in [-0.4, -0.2) is 57.5 Å². The van der Waals surface area contributed by atoms with Gasteiger partial charge in [-0.05, 0) is 58.4 Å². The molecule has 18 heavy (non-hydrogen) atoms. The summed E-state index contributed by atoms with van der Waals surface area (Å²) >= 11 is 0. The monoisotopic (exact) mass is 268 g/mol. The molecule has 1 fully saturated rings. The van der Waals surface area contributed by atoms with Gasteiger partial charge < -0.3 is 15.0 Å². The van der Waals surface area contributed by atoms with Crippen LogP contribution in [0.25, 0.3) is 0 Å². The van der Waals surface area contributed by atoms with E-state index in [1.807, 2.05) is 0 Å². The van der Waals surface area contributed by atoms with Crippen LogP contribution in [0, 0.1) is 5.92 Å². The fourth-order valence-electron chi connectivity index (χ4n) is 2.06. The Hall–Kier alpha value is -0.330. The molecule has 3 nitrogen and oxygen atoms in total. The van der Waals surface area contributed by atoms with Gasteiger partial charge in [0.25, 0.3) is 0 Å². The van der Waals surface area contributed by atoms with Crippen LogP contribution in [0.4, 0.5) is 13.2 Å². The Morgan fingerprint density at radius 3 is 2.56 bits per heavy atom. The molecule has 0 bridgehead atoms. The van der Waals surface area contributed by atoms with Gasteiger partial charge in [0.15, 0.2) is 0 Å². The number of likely N-dealkylation sites (tertiary alicyclic amines) is 1. The summed E-state index contributed by atoms with van der Waals surface area (Å²) in [6, 6.07) is 0. The zero-order valence-corrected chi connectivity index (χ0v) is 10.9. The van der Waals surface area contributed by atoms with Crippen LogP contribution in [0.3, 0.4) is 0 Å². The summed E-state index contributed by atoms with van der Waals surface area (Å²) in [7, 11) is 2.13. The lowest BCUT2D eigenvalue weighted by Gasteiger charge is -2.29. The molecule has 6 heteroatoms. The van der Waals surface area contributed by atoms with Gasteiger partial charge in [0, 0.05) is 6.61 Å². The van der Waals surface area contributed by atoms with Gasteiger partial charge in [0.05, 0.1) is 0 Å². The highest BCUT2D eigenvalue weighted by Gasteiger charge is 2.27. The van der Waals surface area contributed by atoms with E-state index in [1.165, 1.54) is 12.8 Å². The zero-order chi connectivity index (χ0) is 13.4. The summed E-state index contributed by atoms with van der Waals surface area (Å²) in [6.45, 7) is 3.00. The molecule has 0 atom stereocenters. The van der Waals surface area contributed by atoms with Crippen LogP contribution in [0.5, 0.6) is 0 Å². The topological polar surface area (TPSA) is 24.5 Å². The van der Waals surface area contributed by atoms with Crippen molar-refractivity contribution in [3.63, 3.8) is 0 Å². The lowest BCUT2D eigenvalue weighted by atomic mass is 9.97. The smallest absolute Gasteiger partial charge is 0.372 e. The average Bonchev–Trinajstić information content (AvgIpc) is 2.29. The number of hydrogen-bond donors (Lipinski definition) is 1. The molecule has 0 aromatic heterocycles. The maximum atomic E-state index is 11.8. The van der Waals surface area contributed by atoms with Crippen molar-refractivity contribution in [2.45, 2.75) is 25.4 Å². The number of piperidine rings is 1. The lowest BCUT2D eigenvalue weighted by Crippen LogP contribution is -2.35. The molecule has 0 unspecified atom stereocenters. The molecule has 0 aromatic carbocycles. The van der Waals surface area contributed by atoms with Crippen LogP contribution in [0.15, 0.2) is 0 Å². The summed E-state index contributed by atoms with van der Waals surface area (Å²) in [5, 5.41) is 3.29. The molecule has 0 aromatic rings. The van der Waals surface area contributed by atoms with Gasteiger partial charge in [0.1, 0.15) is 6.61 Å². The number of halogens is 3. The first kappa shape index (κ1) is 15.7. The van der Waals surface area contributed by atoms with E-state index < -0.39 is 12.8 Å². The predicted octanol–water partition coefficient (Wildman–Crippen LogP) is 1.89. The summed E-state index contributed by atoms with van der Waals surface area (Å²) in [6.07, 6.45) is -1.17. The molecule has 108 valence electrons. The van der Waals surface area contributed by atoms with E-state index in [4.69, 9.17) is 0 Å². The van der Waals surface area contributed by atoms with Gasteiger partial charge in [-0.3, -0.25) is 0 Å². The second-order valence-electron chi connectivity index (χ2n) is 4.97. The van der Waals surface area contributed by atoms with Crippen molar-refractivity contribution < 1.29 is 17.9 Å². The highest BCUT2D eigenvalue weighted by molar-refractivity contribution is 4.71.